The van der Waals surface area contributed by atoms with Gasteiger partial charge in [0.1, 0.15) is 5.52 Å². The second kappa shape index (κ2) is 10.3. The smallest absolute Gasteiger partial charge is 0.224 e. The fourth-order valence-corrected chi connectivity index (χ4v) is 5.50. The minimum atomic E-state index is 0.0370. The van der Waals surface area contributed by atoms with Crippen LogP contribution in [0.2, 0.25) is 0 Å². The van der Waals surface area contributed by atoms with Crippen molar-refractivity contribution in [2.24, 2.45) is 5.92 Å². The molecule has 1 amide bonds. The summed E-state index contributed by atoms with van der Waals surface area (Å²) >= 11 is 0. The number of hydrogen-bond donors (Lipinski definition) is 3. The third kappa shape index (κ3) is 4.68. The number of H-pyrrole nitrogens is 2. The van der Waals surface area contributed by atoms with Gasteiger partial charge in [0.2, 0.25) is 5.91 Å². The maximum absolute atomic E-state index is 12.7. The Hall–Kier alpha value is -4.99. The normalized spacial score (nSPS) is 14.1. The molecule has 1 saturated carbocycles. The molecule has 0 unspecified atom stereocenters. The summed E-state index contributed by atoms with van der Waals surface area (Å²) in [6.45, 7) is 0. The molecule has 6 aromatic heterocycles. The molecule has 10 heteroatoms. The molecule has 3 N–H and O–H groups in total. The number of nitrogens with zero attached hydrogens (tertiary/aromatic N) is 6. The third-order valence-electron chi connectivity index (χ3n) is 7.48. The molecule has 40 heavy (non-hydrogen) atoms. The molecular weight excluding hydrogens is 502 g/mol. The highest BCUT2D eigenvalue weighted by Gasteiger charge is 2.19. The zero-order chi connectivity index (χ0) is 26.9. The molecule has 1 fully saturated rings. The molecule has 0 saturated heterocycles. The molecule has 6 heterocycles. The molecule has 0 radical (unpaired) electrons. The molecule has 1 aliphatic carbocycles. The standard InChI is InChI=1S/C30H27N9O/c40-25(14-18-6-2-1-3-7-18)34-20-15-19(16-31-17-20)22-9-10-24-27(35-22)28(39-38-24)30-36-26-21(11-13-33-29(26)37-30)23-8-4-5-12-32-23/h4-5,8-13,15-18H,1-3,6-7,14H2,(H,34,40)(H,38,39)(H,33,36,37). The summed E-state index contributed by atoms with van der Waals surface area (Å²) in [7, 11) is 0. The van der Waals surface area contributed by atoms with E-state index >= 15 is 0 Å². The predicted molar refractivity (Wildman–Crippen MR) is 153 cm³/mol. The number of pyridine rings is 4. The van der Waals surface area contributed by atoms with Gasteiger partial charge in [0.15, 0.2) is 17.2 Å². The fourth-order valence-electron chi connectivity index (χ4n) is 5.50. The SMILES string of the molecule is O=C(CC1CCCCC1)Nc1cncc(-c2ccc3[nH]nc(-c4nc5nccc(-c6ccccn6)c5[nH]4)c3n2)c1. The lowest BCUT2D eigenvalue weighted by Crippen LogP contribution is -2.18. The summed E-state index contributed by atoms with van der Waals surface area (Å²) in [6.07, 6.45) is 13.4. The lowest BCUT2D eigenvalue weighted by atomic mass is 9.87. The van der Waals surface area contributed by atoms with E-state index in [1.54, 1.807) is 24.8 Å². The van der Waals surface area contributed by atoms with Crippen molar-refractivity contribution in [2.45, 2.75) is 38.5 Å². The van der Waals surface area contributed by atoms with Crippen LogP contribution in [0.4, 0.5) is 5.69 Å². The largest absolute Gasteiger partial charge is 0.335 e. The summed E-state index contributed by atoms with van der Waals surface area (Å²) in [5.41, 5.74) is 7.31. The number of amides is 1. The van der Waals surface area contributed by atoms with Crippen molar-refractivity contribution in [3.05, 3.63) is 67.3 Å². The molecule has 198 valence electrons. The van der Waals surface area contributed by atoms with Crippen LogP contribution in [0.5, 0.6) is 0 Å². The average Bonchev–Trinajstić information content (AvgIpc) is 3.62. The molecule has 0 atom stereocenters. The first-order chi connectivity index (χ1) is 19.7. The summed E-state index contributed by atoms with van der Waals surface area (Å²) in [4.78, 5) is 39.0. The van der Waals surface area contributed by atoms with Gasteiger partial charge in [-0.05, 0) is 55.2 Å². The number of hydrogen-bond acceptors (Lipinski definition) is 7. The van der Waals surface area contributed by atoms with Gasteiger partial charge in [-0.25, -0.2) is 15.0 Å². The van der Waals surface area contributed by atoms with Crippen molar-refractivity contribution >= 4 is 33.8 Å². The number of carbonyl (C=O) groups is 1. The minimum absolute atomic E-state index is 0.0370. The number of rotatable bonds is 6. The minimum Gasteiger partial charge on any atom is -0.335 e. The topological polar surface area (TPSA) is 138 Å². The van der Waals surface area contributed by atoms with Crippen LogP contribution >= 0.6 is 0 Å². The maximum atomic E-state index is 12.7. The number of aromatic amines is 2. The van der Waals surface area contributed by atoms with Crippen LogP contribution in [0, 0.1) is 5.92 Å². The van der Waals surface area contributed by atoms with E-state index in [0.717, 1.165) is 46.4 Å². The number of anilines is 1. The molecule has 0 bridgehead atoms. The van der Waals surface area contributed by atoms with Crippen molar-refractivity contribution in [3.8, 4) is 34.0 Å². The highest BCUT2D eigenvalue weighted by atomic mass is 16.1. The highest BCUT2D eigenvalue weighted by molar-refractivity contribution is 5.95. The molecular formula is C30H27N9O. The summed E-state index contributed by atoms with van der Waals surface area (Å²) in [5.74, 6) is 1.07. The van der Waals surface area contributed by atoms with Crippen LogP contribution in [0.25, 0.3) is 56.2 Å². The van der Waals surface area contributed by atoms with Gasteiger partial charge in [-0.15, -0.1) is 0 Å². The molecule has 0 spiro atoms. The quantitative estimate of drug-likeness (QED) is 0.243. The van der Waals surface area contributed by atoms with Gasteiger partial charge < -0.3 is 10.3 Å². The molecule has 7 rings (SSSR count). The Balaban J connectivity index is 1.19. The Kier molecular flexibility index (Phi) is 6.19. The first-order valence-electron chi connectivity index (χ1n) is 13.6. The lowest BCUT2D eigenvalue weighted by Gasteiger charge is -2.20. The molecule has 0 aliphatic heterocycles. The van der Waals surface area contributed by atoms with E-state index in [9.17, 15) is 4.79 Å². The van der Waals surface area contributed by atoms with E-state index in [-0.39, 0.29) is 5.91 Å². The average molecular weight is 530 g/mol. The Morgan fingerprint density at radius 2 is 1.88 bits per heavy atom. The van der Waals surface area contributed by atoms with Crippen molar-refractivity contribution < 1.29 is 4.79 Å². The van der Waals surface area contributed by atoms with Crippen molar-refractivity contribution in [1.29, 1.82) is 0 Å². The fraction of sp³-hybridized carbons (Fsp3) is 0.233. The van der Waals surface area contributed by atoms with Gasteiger partial charge in [-0.2, -0.15) is 5.10 Å². The number of fused-ring (bicyclic) bond motifs is 2. The monoisotopic (exact) mass is 529 g/mol. The Morgan fingerprint density at radius 1 is 0.950 bits per heavy atom. The molecule has 6 aromatic rings. The maximum Gasteiger partial charge on any atom is 0.224 e. The first-order valence-corrected chi connectivity index (χ1v) is 13.6. The lowest BCUT2D eigenvalue weighted by molar-refractivity contribution is -0.117. The first kappa shape index (κ1) is 24.1. The van der Waals surface area contributed by atoms with Crippen molar-refractivity contribution in [2.75, 3.05) is 5.32 Å². The van der Waals surface area contributed by atoms with Crippen LogP contribution < -0.4 is 5.32 Å². The zero-order valence-electron chi connectivity index (χ0n) is 21.8. The third-order valence-corrected chi connectivity index (χ3v) is 7.48. The van der Waals surface area contributed by atoms with Crippen LogP contribution in [0.1, 0.15) is 38.5 Å². The number of aromatic nitrogens is 8. The Labute approximate surface area is 229 Å². The van der Waals surface area contributed by atoms with E-state index in [1.165, 1.54) is 19.3 Å². The second-order valence-electron chi connectivity index (χ2n) is 10.2. The van der Waals surface area contributed by atoms with Gasteiger partial charge in [-0.3, -0.25) is 19.9 Å². The van der Waals surface area contributed by atoms with Gasteiger partial charge in [-0.1, -0.05) is 25.3 Å². The van der Waals surface area contributed by atoms with Gasteiger partial charge in [0.05, 0.1) is 34.3 Å². The van der Waals surface area contributed by atoms with Crippen LogP contribution in [0.15, 0.2) is 67.3 Å². The Morgan fingerprint density at radius 3 is 2.75 bits per heavy atom. The Bertz CT molecular complexity index is 1820. The highest BCUT2D eigenvalue weighted by Crippen LogP contribution is 2.31. The molecule has 1 aliphatic rings. The summed E-state index contributed by atoms with van der Waals surface area (Å²) in [5, 5.41) is 10.6. The summed E-state index contributed by atoms with van der Waals surface area (Å²) < 4.78 is 0. The summed E-state index contributed by atoms with van der Waals surface area (Å²) in [6, 6.07) is 13.5. The van der Waals surface area contributed by atoms with E-state index in [0.29, 0.717) is 40.7 Å². The van der Waals surface area contributed by atoms with Gasteiger partial charge in [0, 0.05) is 36.1 Å². The van der Waals surface area contributed by atoms with E-state index in [2.05, 4.69) is 35.5 Å². The van der Waals surface area contributed by atoms with Crippen molar-refractivity contribution in [3.63, 3.8) is 0 Å². The molecule has 10 nitrogen and oxygen atoms in total. The van der Waals surface area contributed by atoms with E-state index in [1.807, 2.05) is 42.5 Å². The predicted octanol–water partition coefficient (Wildman–Crippen LogP) is 5.93. The van der Waals surface area contributed by atoms with Crippen LogP contribution in [-0.2, 0) is 4.79 Å². The van der Waals surface area contributed by atoms with Crippen LogP contribution in [0.3, 0.4) is 0 Å². The number of carbonyl (C=O) groups excluding carboxylic acids is 1. The number of imidazole rings is 1. The second-order valence-corrected chi connectivity index (χ2v) is 10.2. The van der Waals surface area contributed by atoms with E-state index < -0.39 is 0 Å². The van der Waals surface area contributed by atoms with Gasteiger partial charge >= 0.3 is 0 Å². The van der Waals surface area contributed by atoms with E-state index in [4.69, 9.17) is 9.97 Å². The molecule has 0 aromatic carbocycles. The van der Waals surface area contributed by atoms with Gasteiger partial charge in [0.25, 0.3) is 0 Å². The van der Waals surface area contributed by atoms with Crippen LogP contribution in [-0.4, -0.2) is 46.0 Å². The number of nitrogens with one attached hydrogen (secondary N) is 3. The zero-order valence-corrected chi connectivity index (χ0v) is 21.8. The van der Waals surface area contributed by atoms with Crippen molar-refractivity contribution in [1.82, 2.24) is 40.1 Å².